The van der Waals surface area contributed by atoms with Gasteiger partial charge >= 0.3 is 0 Å². The molecular formula is C12H24N2. The molecule has 0 aromatic rings. The van der Waals surface area contributed by atoms with Crippen molar-refractivity contribution in [2.45, 2.75) is 57.5 Å². The smallest absolute Gasteiger partial charge is 0.0122 e. The molecule has 2 aliphatic rings. The van der Waals surface area contributed by atoms with Crippen molar-refractivity contribution in [3.63, 3.8) is 0 Å². The van der Waals surface area contributed by atoms with Gasteiger partial charge in [0.1, 0.15) is 0 Å². The van der Waals surface area contributed by atoms with Crippen LogP contribution in [0.1, 0.15) is 45.4 Å². The predicted molar refractivity (Wildman–Crippen MR) is 60.5 cm³/mol. The first-order chi connectivity index (χ1) is 6.92. The van der Waals surface area contributed by atoms with E-state index in [-0.39, 0.29) is 0 Å². The zero-order valence-electron chi connectivity index (χ0n) is 9.47. The summed E-state index contributed by atoms with van der Waals surface area (Å²) in [4.78, 5) is 2.81. The van der Waals surface area contributed by atoms with Gasteiger partial charge in [0, 0.05) is 12.1 Å². The van der Waals surface area contributed by atoms with E-state index in [0.717, 1.165) is 12.1 Å². The van der Waals surface area contributed by atoms with Gasteiger partial charge in [0.2, 0.25) is 0 Å². The van der Waals surface area contributed by atoms with Crippen LogP contribution < -0.4 is 5.32 Å². The Bertz CT molecular complexity index is 164. The summed E-state index contributed by atoms with van der Waals surface area (Å²) in [6, 6.07) is 1.79. The van der Waals surface area contributed by atoms with E-state index in [1.54, 1.807) is 0 Å². The maximum absolute atomic E-state index is 3.46. The maximum atomic E-state index is 3.46. The summed E-state index contributed by atoms with van der Waals surface area (Å²) in [6.45, 7) is 6.18. The van der Waals surface area contributed by atoms with Crippen molar-refractivity contribution in [3.8, 4) is 0 Å². The summed E-state index contributed by atoms with van der Waals surface area (Å²) in [7, 11) is 0. The summed E-state index contributed by atoms with van der Waals surface area (Å²) < 4.78 is 0. The molecule has 0 unspecified atom stereocenters. The molecule has 0 saturated carbocycles. The van der Waals surface area contributed by atoms with Crippen LogP contribution in [0, 0.1) is 0 Å². The molecule has 0 aromatic heterocycles. The molecule has 2 nitrogen and oxygen atoms in total. The molecule has 14 heavy (non-hydrogen) atoms. The Balaban J connectivity index is 1.91. The van der Waals surface area contributed by atoms with E-state index in [0.29, 0.717) is 0 Å². The first-order valence-corrected chi connectivity index (χ1v) is 6.38. The van der Waals surface area contributed by atoms with Crippen LogP contribution in [0.2, 0.25) is 0 Å². The molecule has 0 radical (unpaired) electrons. The SMILES string of the molecule is CC[C@@H]1CCCCN1C1CCNCC1. The Morgan fingerprint density at radius 1 is 1.14 bits per heavy atom. The molecule has 2 saturated heterocycles. The molecule has 0 amide bonds. The lowest BCUT2D eigenvalue weighted by Crippen LogP contribution is -2.49. The largest absolute Gasteiger partial charge is 0.317 e. The van der Waals surface area contributed by atoms with E-state index in [2.05, 4.69) is 17.1 Å². The molecule has 2 fully saturated rings. The van der Waals surface area contributed by atoms with Gasteiger partial charge in [-0.2, -0.15) is 0 Å². The van der Waals surface area contributed by atoms with Crippen LogP contribution in [0.15, 0.2) is 0 Å². The molecule has 0 aliphatic carbocycles. The minimum atomic E-state index is 0.890. The van der Waals surface area contributed by atoms with Crippen LogP contribution in [0.4, 0.5) is 0 Å². The molecule has 0 aromatic carbocycles. The third kappa shape index (κ3) is 2.29. The number of nitrogens with one attached hydrogen (secondary N) is 1. The van der Waals surface area contributed by atoms with E-state index in [9.17, 15) is 0 Å². The zero-order chi connectivity index (χ0) is 9.80. The lowest BCUT2D eigenvalue weighted by molar-refractivity contribution is 0.0741. The van der Waals surface area contributed by atoms with Crippen LogP contribution in [-0.4, -0.2) is 36.6 Å². The van der Waals surface area contributed by atoms with Crippen molar-refractivity contribution in [1.82, 2.24) is 10.2 Å². The fourth-order valence-electron chi connectivity index (χ4n) is 3.08. The average molecular weight is 196 g/mol. The molecule has 0 spiro atoms. The number of hydrogen-bond donors (Lipinski definition) is 1. The Morgan fingerprint density at radius 2 is 1.93 bits per heavy atom. The lowest BCUT2D eigenvalue weighted by Gasteiger charge is -2.42. The fourth-order valence-corrected chi connectivity index (χ4v) is 3.08. The van der Waals surface area contributed by atoms with Crippen LogP contribution in [-0.2, 0) is 0 Å². The third-order valence-corrected chi connectivity index (χ3v) is 3.92. The van der Waals surface area contributed by atoms with Crippen LogP contribution >= 0.6 is 0 Å². The number of piperidine rings is 2. The monoisotopic (exact) mass is 196 g/mol. The number of rotatable bonds is 2. The summed E-state index contributed by atoms with van der Waals surface area (Å²) >= 11 is 0. The molecule has 2 heterocycles. The van der Waals surface area contributed by atoms with Crippen LogP contribution in [0.5, 0.6) is 0 Å². The van der Waals surface area contributed by atoms with Gasteiger partial charge < -0.3 is 5.32 Å². The summed E-state index contributed by atoms with van der Waals surface area (Å²) in [5, 5.41) is 3.46. The number of likely N-dealkylation sites (tertiary alicyclic amines) is 1. The fraction of sp³-hybridized carbons (Fsp3) is 1.00. The van der Waals surface area contributed by atoms with E-state index in [4.69, 9.17) is 0 Å². The highest BCUT2D eigenvalue weighted by Gasteiger charge is 2.28. The summed E-state index contributed by atoms with van der Waals surface area (Å²) in [5.41, 5.74) is 0. The highest BCUT2D eigenvalue weighted by atomic mass is 15.2. The topological polar surface area (TPSA) is 15.3 Å². The van der Waals surface area contributed by atoms with E-state index in [1.165, 1.54) is 58.2 Å². The minimum absolute atomic E-state index is 0.890. The van der Waals surface area contributed by atoms with Gasteiger partial charge in [-0.3, -0.25) is 4.90 Å². The first-order valence-electron chi connectivity index (χ1n) is 6.38. The molecule has 2 heteroatoms. The van der Waals surface area contributed by atoms with Crippen LogP contribution in [0.3, 0.4) is 0 Å². The molecular weight excluding hydrogens is 172 g/mol. The molecule has 82 valence electrons. The van der Waals surface area contributed by atoms with Gasteiger partial charge in [0.05, 0.1) is 0 Å². The molecule has 1 atom stereocenters. The second-order valence-corrected chi connectivity index (χ2v) is 4.78. The predicted octanol–water partition coefficient (Wildman–Crippen LogP) is 2.00. The molecule has 1 N–H and O–H groups in total. The van der Waals surface area contributed by atoms with Gasteiger partial charge in [-0.15, -0.1) is 0 Å². The first kappa shape index (κ1) is 10.4. The van der Waals surface area contributed by atoms with Crippen molar-refractivity contribution < 1.29 is 0 Å². The minimum Gasteiger partial charge on any atom is -0.317 e. The van der Waals surface area contributed by atoms with Gasteiger partial charge in [-0.05, 0) is 51.7 Å². The van der Waals surface area contributed by atoms with Crippen LogP contribution in [0.25, 0.3) is 0 Å². The molecule has 0 bridgehead atoms. The lowest BCUT2D eigenvalue weighted by atomic mass is 9.94. The Hall–Kier alpha value is -0.0800. The van der Waals surface area contributed by atoms with Gasteiger partial charge in [0.25, 0.3) is 0 Å². The van der Waals surface area contributed by atoms with Crippen molar-refractivity contribution in [2.24, 2.45) is 0 Å². The van der Waals surface area contributed by atoms with Gasteiger partial charge in [-0.1, -0.05) is 13.3 Å². The average Bonchev–Trinajstić information content (AvgIpc) is 2.30. The Labute approximate surface area is 88.1 Å². The van der Waals surface area contributed by atoms with Crippen molar-refractivity contribution >= 4 is 0 Å². The second-order valence-electron chi connectivity index (χ2n) is 4.78. The number of nitrogens with zero attached hydrogens (tertiary/aromatic N) is 1. The Morgan fingerprint density at radius 3 is 2.64 bits per heavy atom. The van der Waals surface area contributed by atoms with Gasteiger partial charge in [0.15, 0.2) is 0 Å². The van der Waals surface area contributed by atoms with E-state index >= 15 is 0 Å². The third-order valence-electron chi connectivity index (χ3n) is 3.92. The van der Waals surface area contributed by atoms with Crippen molar-refractivity contribution in [3.05, 3.63) is 0 Å². The quantitative estimate of drug-likeness (QED) is 0.727. The standard InChI is InChI=1S/C12H24N2/c1-2-11-5-3-4-10-14(11)12-6-8-13-9-7-12/h11-13H,2-10H2,1H3/t11-/m1/s1. The number of hydrogen-bond acceptors (Lipinski definition) is 2. The zero-order valence-corrected chi connectivity index (χ0v) is 9.47. The van der Waals surface area contributed by atoms with E-state index < -0.39 is 0 Å². The second kappa shape index (κ2) is 5.13. The van der Waals surface area contributed by atoms with Crippen molar-refractivity contribution in [2.75, 3.05) is 19.6 Å². The highest BCUT2D eigenvalue weighted by molar-refractivity contribution is 4.84. The highest BCUT2D eigenvalue weighted by Crippen LogP contribution is 2.25. The summed E-state index contributed by atoms with van der Waals surface area (Å²) in [6.07, 6.45) is 8.43. The molecule has 2 aliphatic heterocycles. The van der Waals surface area contributed by atoms with Crippen molar-refractivity contribution in [1.29, 1.82) is 0 Å². The van der Waals surface area contributed by atoms with E-state index in [1.807, 2.05) is 0 Å². The summed E-state index contributed by atoms with van der Waals surface area (Å²) in [5.74, 6) is 0. The van der Waals surface area contributed by atoms with Gasteiger partial charge in [-0.25, -0.2) is 0 Å². The maximum Gasteiger partial charge on any atom is 0.0122 e. The normalized spacial score (nSPS) is 31.9. The molecule has 2 rings (SSSR count). The Kier molecular flexibility index (Phi) is 3.82.